The van der Waals surface area contributed by atoms with Crippen LogP contribution >= 0.6 is 15.9 Å². The number of rotatable bonds is 5. The summed E-state index contributed by atoms with van der Waals surface area (Å²) in [6, 6.07) is 13.5. The Labute approximate surface area is 147 Å². The van der Waals surface area contributed by atoms with E-state index in [2.05, 4.69) is 33.3 Å². The van der Waals surface area contributed by atoms with E-state index in [4.69, 9.17) is 4.74 Å². The monoisotopic (exact) mass is 388 g/mol. The maximum atomic E-state index is 12.2. The maximum Gasteiger partial charge on any atom is 0.368 e. The van der Waals surface area contributed by atoms with Gasteiger partial charge in [0.1, 0.15) is 12.4 Å². The van der Waals surface area contributed by atoms with Crippen LogP contribution in [0.4, 0.5) is 0 Å². The smallest absolute Gasteiger partial charge is 0.368 e. The molecule has 0 saturated carbocycles. The third-order valence-electron chi connectivity index (χ3n) is 3.77. The van der Waals surface area contributed by atoms with Gasteiger partial charge in [0.15, 0.2) is 0 Å². The number of ether oxygens (including phenoxy) is 1. The van der Waals surface area contributed by atoms with Crippen molar-refractivity contribution in [1.82, 2.24) is 19.8 Å². The number of nitrogens with zero attached hydrogens (tertiary/aromatic N) is 4. The minimum Gasteiger partial charge on any atom is -0.489 e. The summed E-state index contributed by atoms with van der Waals surface area (Å²) < 4.78 is 9.32. The Morgan fingerprint density at radius 3 is 2.62 bits per heavy atom. The van der Waals surface area contributed by atoms with Crippen LogP contribution in [0.5, 0.6) is 5.75 Å². The summed E-state index contributed by atoms with van der Waals surface area (Å²) in [5.74, 6) is 0.841. The Hall–Kier alpha value is -2.41. The molecule has 24 heavy (non-hydrogen) atoms. The van der Waals surface area contributed by atoms with Crippen molar-refractivity contribution in [3.05, 3.63) is 68.5 Å². The number of benzene rings is 2. The molecule has 7 heteroatoms. The zero-order valence-corrected chi connectivity index (χ0v) is 15.0. The third kappa shape index (κ3) is 3.12. The zero-order valence-electron chi connectivity index (χ0n) is 13.4. The van der Waals surface area contributed by atoms with Crippen LogP contribution < -0.4 is 10.4 Å². The molecule has 3 rings (SSSR count). The van der Waals surface area contributed by atoms with Gasteiger partial charge in [0.05, 0.1) is 5.69 Å². The zero-order chi connectivity index (χ0) is 17.1. The minimum absolute atomic E-state index is 0.302. The van der Waals surface area contributed by atoms with Gasteiger partial charge in [-0.25, -0.2) is 4.79 Å². The summed E-state index contributed by atoms with van der Waals surface area (Å²) >= 11 is 3.53. The van der Waals surface area contributed by atoms with Crippen LogP contribution in [0.25, 0.3) is 5.69 Å². The Kier molecular flexibility index (Phi) is 4.80. The molecule has 1 heterocycles. The van der Waals surface area contributed by atoms with Gasteiger partial charge in [0, 0.05) is 17.1 Å². The van der Waals surface area contributed by atoms with E-state index in [1.54, 1.807) is 7.05 Å². The van der Waals surface area contributed by atoms with Crippen molar-refractivity contribution in [2.45, 2.75) is 20.0 Å². The molecule has 2 aromatic carbocycles. The number of hydrogen-bond donors (Lipinski definition) is 0. The fraction of sp³-hybridized carbons (Fsp3) is 0.235. The Bertz CT molecular complexity index is 917. The second-order valence-corrected chi connectivity index (χ2v) is 6.14. The molecule has 0 aliphatic rings. The van der Waals surface area contributed by atoms with Crippen molar-refractivity contribution in [2.75, 3.05) is 0 Å². The van der Waals surface area contributed by atoms with Gasteiger partial charge in [-0.1, -0.05) is 47.1 Å². The fourth-order valence-corrected chi connectivity index (χ4v) is 2.91. The molecule has 1 aromatic heterocycles. The Morgan fingerprint density at radius 2 is 1.92 bits per heavy atom. The predicted molar refractivity (Wildman–Crippen MR) is 94.5 cm³/mol. The highest BCUT2D eigenvalue weighted by Crippen LogP contribution is 2.26. The highest BCUT2D eigenvalue weighted by Gasteiger charge is 2.14. The van der Waals surface area contributed by atoms with Crippen molar-refractivity contribution in [3.63, 3.8) is 0 Å². The molecule has 0 spiro atoms. The summed E-state index contributed by atoms with van der Waals surface area (Å²) in [5, 5.41) is 7.69. The van der Waals surface area contributed by atoms with E-state index >= 15 is 0 Å². The van der Waals surface area contributed by atoms with Crippen molar-refractivity contribution in [2.24, 2.45) is 7.05 Å². The number of hydrogen-bond acceptors (Lipinski definition) is 4. The van der Waals surface area contributed by atoms with Gasteiger partial charge in [0.25, 0.3) is 0 Å². The molecule has 0 radical (unpaired) electrons. The number of tetrazole rings is 1. The van der Waals surface area contributed by atoms with Gasteiger partial charge in [-0.2, -0.15) is 9.36 Å². The molecule has 0 fully saturated rings. The van der Waals surface area contributed by atoms with E-state index in [9.17, 15) is 4.79 Å². The number of aryl methyl sites for hydroxylation is 2. The van der Waals surface area contributed by atoms with Crippen LogP contribution in [-0.2, 0) is 20.1 Å². The molecule has 3 aromatic rings. The largest absolute Gasteiger partial charge is 0.489 e. The van der Waals surface area contributed by atoms with E-state index in [-0.39, 0.29) is 5.69 Å². The Morgan fingerprint density at radius 1 is 1.12 bits per heavy atom. The van der Waals surface area contributed by atoms with E-state index in [1.165, 1.54) is 9.36 Å². The first-order valence-electron chi connectivity index (χ1n) is 7.59. The van der Waals surface area contributed by atoms with Gasteiger partial charge < -0.3 is 4.74 Å². The van der Waals surface area contributed by atoms with Crippen LogP contribution in [0.15, 0.2) is 51.7 Å². The molecule has 6 nitrogen and oxygen atoms in total. The molecule has 0 unspecified atom stereocenters. The molecule has 0 amide bonds. The number of aromatic nitrogens is 4. The number of halogens is 1. The van der Waals surface area contributed by atoms with Crippen LogP contribution in [0.1, 0.15) is 18.1 Å². The van der Waals surface area contributed by atoms with Crippen LogP contribution in [-0.4, -0.2) is 19.8 Å². The molecular weight excluding hydrogens is 372 g/mol. The van der Waals surface area contributed by atoms with Gasteiger partial charge >= 0.3 is 5.69 Å². The van der Waals surface area contributed by atoms with E-state index in [0.717, 1.165) is 27.8 Å². The van der Waals surface area contributed by atoms with Gasteiger partial charge in [-0.15, -0.1) is 0 Å². The molecule has 0 aliphatic carbocycles. The maximum absolute atomic E-state index is 12.2. The third-order valence-corrected chi connectivity index (χ3v) is 4.51. The van der Waals surface area contributed by atoms with Crippen molar-refractivity contribution in [1.29, 1.82) is 0 Å². The standard InChI is InChI=1S/C17H17BrN4O2/c1-3-12-7-4-5-10-16(12)24-11-13-14(18)8-6-9-15(13)22-17(23)21(2)19-20-22/h4-10H,3,11H2,1-2H3. The van der Waals surface area contributed by atoms with Gasteiger partial charge in [0.2, 0.25) is 0 Å². The lowest BCUT2D eigenvalue weighted by Gasteiger charge is -2.14. The van der Waals surface area contributed by atoms with Crippen LogP contribution in [0.3, 0.4) is 0 Å². The molecule has 0 aliphatic heterocycles. The fourth-order valence-electron chi connectivity index (χ4n) is 2.44. The lowest BCUT2D eigenvalue weighted by molar-refractivity contribution is 0.302. The highest BCUT2D eigenvalue weighted by molar-refractivity contribution is 9.10. The summed E-state index contributed by atoms with van der Waals surface area (Å²) in [4.78, 5) is 12.2. The van der Waals surface area contributed by atoms with Crippen molar-refractivity contribution in [3.8, 4) is 11.4 Å². The van der Waals surface area contributed by atoms with Gasteiger partial charge in [-0.3, -0.25) is 0 Å². The predicted octanol–water partition coefficient (Wildman–Crippen LogP) is 2.87. The minimum atomic E-state index is -0.302. The first kappa shape index (κ1) is 16.4. The second-order valence-electron chi connectivity index (χ2n) is 5.28. The Balaban J connectivity index is 1.96. The van der Waals surface area contributed by atoms with Crippen LogP contribution in [0, 0.1) is 0 Å². The molecular formula is C17H17BrN4O2. The van der Waals surface area contributed by atoms with Crippen molar-refractivity contribution < 1.29 is 4.74 Å². The van der Waals surface area contributed by atoms with E-state index in [0.29, 0.717) is 12.3 Å². The van der Waals surface area contributed by atoms with Gasteiger partial charge in [-0.05, 0) is 40.6 Å². The van der Waals surface area contributed by atoms with Crippen molar-refractivity contribution >= 4 is 15.9 Å². The first-order valence-corrected chi connectivity index (χ1v) is 8.38. The topological polar surface area (TPSA) is 61.9 Å². The van der Waals surface area contributed by atoms with Crippen LogP contribution in [0.2, 0.25) is 0 Å². The molecule has 124 valence electrons. The van der Waals surface area contributed by atoms with E-state index in [1.807, 2.05) is 42.5 Å². The van der Waals surface area contributed by atoms with E-state index < -0.39 is 0 Å². The molecule has 0 N–H and O–H groups in total. The summed E-state index contributed by atoms with van der Waals surface area (Å²) in [5.41, 5.74) is 2.33. The molecule has 0 bridgehead atoms. The summed E-state index contributed by atoms with van der Waals surface area (Å²) in [6.45, 7) is 2.40. The number of para-hydroxylation sites is 1. The average molecular weight is 389 g/mol. The highest BCUT2D eigenvalue weighted by atomic mass is 79.9. The summed E-state index contributed by atoms with van der Waals surface area (Å²) in [7, 11) is 1.57. The molecule has 0 atom stereocenters. The summed E-state index contributed by atoms with van der Waals surface area (Å²) in [6.07, 6.45) is 0.891. The normalized spacial score (nSPS) is 10.8. The lowest BCUT2D eigenvalue weighted by atomic mass is 10.1. The SMILES string of the molecule is CCc1ccccc1OCc1c(Br)cccc1-n1nnn(C)c1=O. The lowest BCUT2D eigenvalue weighted by Crippen LogP contribution is -2.23. The first-order chi connectivity index (χ1) is 11.6. The quantitative estimate of drug-likeness (QED) is 0.673. The molecule has 0 saturated heterocycles. The second kappa shape index (κ2) is 7.00. The average Bonchev–Trinajstić information content (AvgIpc) is 2.93.